The monoisotopic (exact) mass is 428 g/mol. The minimum atomic E-state index is -0.00553. The Morgan fingerprint density at radius 1 is 1.37 bits per heavy atom. The molecule has 27 heavy (non-hydrogen) atoms. The van der Waals surface area contributed by atoms with Crippen molar-refractivity contribution in [2.45, 2.75) is 6.92 Å². The first-order chi connectivity index (χ1) is 13.0. The number of phenols is 1. The summed E-state index contributed by atoms with van der Waals surface area (Å²) in [5.74, 6) is 1.48. The van der Waals surface area contributed by atoms with E-state index in [0.717, 1.165) is 4.48 Å². The fraction of sp³-hybridized carbons (Fsp3) is 0.105. The van der Waals surface area contributed by atoms with Crippen molar-refractivity contribution in [1.29, 1.82) is 0 Å². The molecule has 8 heteroatoms. The molecule has 0 amide bonds. The van der Waals surface area contributed by atoms with Crippen molar-refractivity contribution in [2.24, 2.45) is 4.99 Å². The topological polar surface area (TPSA) is 88.9 Å². The lowest BCUT2D eigenvalue weighted by Crippen LogP contribution is -2.00. The molecule has 0 bridgehead atoms. The average molecular weight is 429 g/mol. The maximum absolute atomic E-state index is 9.97. The fourth-order valence-electron chi connectivity index (χ4n) is 2.36. The number of aromatic nitrogens is 2. The van der Waals surface area contributed by atoms with Crippen molar-refractivity contribution in [3.05, 3.63) is 59.0 Å². The molecule has 138 valence electrons. The number of phenolic OH excluding ortho intramolecular Hbond substituents is 1. The minimum absolute atomic E-state index is 0.00553. The van der Waals surface area contributed by atoms with Gasteiger partial charge in [0.1, 0.15) is 12.1 Å². The maximum Gasteiger partial charge on any atom is 0.250 e. The summed E-state index contributed by atoms with van der Waals surface area (Å²) < 4.78 is 11.9. The lowest BCUT2D eigenvalue weighted by molar-refractivity contribution is 0.369. The van der Waals surface area contributed by atoms with E-state index in [1.165, 1.54) is 19.5 Å². The number of nitrogens with zero attached hydrogens (tertiary/aromatic N) is 3. The molecule has 3 rings (SSSR count). The summed E-state index contributed by atoms with van der Waals surface area (Å²) in [6, 6.07) is 3.09. The number of ether oxygens (including phenoxy) is 2. The highest BCUT2D eigenvalue weighted by molar-refractivity contribution is 9.11. The summed E-state index contributed by atoms with van der Waals surface area (Å²) in [6.45, 7) is 5.89. The van der Waals surface area contributed by atoms with Gasteiger partial charge in [0, 0.05) is 28.0 Å². The Hall–Kier alpha value is -3.13. The highest BCUT2D eigenvalue weighted by Crippen LogP contribution is 2.41. The van der Waals surface area contributed by atoms with Crippen LogP contribution in [0.1, 0.15) is 12.5 Å². The molecule has 2 aromatic rings. The van der Waals surface area contributed by atoms with Crippen molar-refractivity contribution in [2.75, 3.05) is 12.4 Å². The third-order valence-corrected chi connectivity index (χ3v) is 4.05. The maximum atomic E-state index is 9.97. The predicted molar refractivity (Wildman–Crippen MR) is 109 cm³/mol. The molecular weight excluding hydrogens is 412 g/mol. The second-order valence-corrected chi connectivity index (χ2v) is 6.39. The summed E-state index contributed by atoms with van der Waals surface area (Å²) in [7, 11) is 1.47. The van der Waals surface area contributed by atoms with Crippen LogP contribution in [0.2, 0.25) is 0 Å². The number of allylic oxidation sites excluding steroid dienone is 4. The van der Waals surface area contributed by atoms with Crippen molar-refractivity contribution in [3.8, 4) is 23.1 Å². The quantitative estimate of drug-likeness (QED) is 0.565. The van der Waals surface area contributed by atoms with Gasteiger partial charge < -0.3 is 19.9 Å². The molecule has 1 aliphatic heterocycles. The highest BCUT2D eigenvalue weighted by Gasteiger charge is 2.19. The van der Waals surface area contributed by atoms with E-state index >= 15 is 0 Å². The Balaban J connectivity index is 1.95. The van der Waals surface area contributed by atoms with E-state index in [2.05, 4.69) is 42.8 Å². The van der Waals surface area contributed by atoms with Gasteiger partial charge in [-0.1, -0.05) is 34.7 Å². The van der Waals surface area contributed by atoms with Crippen molar-refractivity contribution in [3.63, 3.8) is 0 Å². The first-order valence-corrected chi connectivity index (χ1v) is 8.75. The van der Waals surface area contributed by atoms with Gasteiger partial charge in [0.05, 0.1) is 7.11 Å². The molecule has 1 aromatic heterocycles. The second-order valence-electron chi connectivity index (χ2n) is 5.48. The SMILES string of the molecule is C=C(/C=C(Br)\C=C/C)Nc1ncnc2c1N=Cc1cc(O)c(OC)cc1O2. The second kappa shape index (κ2) is 8.05. The van der Waals surface area contributed by atoms with Crippen LogP contribution < -0.4 is 14.8 Å². The molecule has 7 nitrogen and oxygen atoms in total. The van der Waals surface area contributed by atoms with E-state index in [4.69, 9.17) is 9.47 Å². The molecule has 0 fully saturated rings. The number of aromatic hydroxyl groups is 1. The molecule has 0 saturated heterocycles. The normalized spacial score (nSPS) is 12.8. The van der Waals surface area contributed by atoms with Crippen LogP contribution in [0.25, 0.3) is 0 Å². The van der Waals surface area contributed by atoms with Crippen LogP contribution in [0, 0.1) is 0 Å². The van der Waals surface area contributed by atoms with Gasteiger partial charge in [-0.05, 0) is 19.1 Å². The fourth-order valence-corrected chi connectivity index (χ4v) is 2.90. The summed E-state index contributed by atoms with van der Waals surface area (Å²) in [5.41, 5.74) is 1.62. The number of fused-ring (bicyclic) bond motifs is 2. The Bertz CT molecular complexity index is 983. The number of nitrogens with one attached hydrogen (secondary N) is 1. The summed E-state index contributed by atoms with van der Waals surface area (Å²) in [6.07, 6.45) is 8.56. The van der Waals surface area contributed by atoms with Gasteiger partial charge in [-0.3, -0.25) is 0 Å². The molecule has 0 saturated carbocycles. The van der Waals surface area contributed by atoms with Crippen LogP contribution in [-0.4, -0.2) is 28.4 Å². The third-order valence-electron chi connectivity index (χ3n) is 3.56. The minimum Gasteiger partial charge on any atom is -0.504 e. The lowest BCUT2D eigenvalue weighted by Gasteiger charge is -2.12. The van der Waals surface area contributed by atoms with Crippen LogP contribution in [0.4, 0.5) is 11.5 Å². The van der Waals surface area contributed by atoms with E-state index in [-0.39, 0.29) is 11.6 Å². The number of methoxy groups -OCH3 is 1. The molecule has 0 radical (unpaired) electrons. The number of hydrogen-bond donors (Lipinski definition) is 2. The largest absolute Gasteiger partial charge is 0.504 e. The standard InChI is InChI=1S/C19H17BrN4O3/c1-4-5-13(20)6-11(2)24-18-17-19(23-10-22-18)27-15-8-16(26-3)14(25)7-12(15)9-21-17/h4-10,25H,2H2,1,3H3,(H,22,23,24)/b5-4-,13-6+. The van der Waals surface area contributed by atoms with Crippen LogP contribution in [0.5, 0.6) is 23.1 Å². The van der Waals surface area contributed by atoms with Gasteiger partial charge in [-0.25, -0.2) is 9.98 Å². The van der Waals surface area contributed by atoms with Crippen molar-refractivity contribution < 1.29 is 14.6 Å². The van der Waals surface area contributed by atoms with E-state index in [0.29, 0.717) is 34.3 Å². The summed E-state index contributed by atoms with van der Waals surface area (Å²) in [4.78, 5) is 12.8. The molecule has 2 N–H and O–H groups in total. The molecule has 0 spiro atoms. The van der Waals surface area contributed by atoms with Gasteiger partial charge in [0.2, 0.25) is 0 Å². The first kappa shape index (κ1) is 18.7. The van der Waals surface area contributed by atoms with E-state index < -0.39 is 0 Å². The van der Waals surface area contributed by atoms with Gasteiger partial charge in [-0.2, -0.15) is 4.98 Å². The lowest BCUT2D eigenvalue weighted by atomic mass is 10.2. The Labute approximate surface area is 164 Å². The number of benzene rings is 1. The van der Waals surface area contributed by atoms with Gasteiger partial charge in [-0.15, -0.1) is 0 Å². The van der Waals surface area contributed by atoms with Gasteiger partial charge >= 0.3 is 0 Å². The molecule has 2 heterocycles. The molecular formula is C19H17BrN4O3. The van der Waals surface area contributed by atoms with Crippen LogP contribution in [-0.2, 0) is 0 Å². The molecule has 0 atom stereocenters. The molecule has 0 aliphatic carbocycles. The zero-order chi connectivity index (χ0) is 19.4. The van der Waals surface area contributed by atoms with Crippen molar-refractivity contribution >= 4 is 33.6 Å². The highest BCUT2D eigenvalue weighted by atomic mass is 79.9. The van der Waals surface area contributed by atoms with Crippen LogP contribution >= 0.6 is 15.9 Å². The number of rotatable bonds is 5. The molecule has 0 unspecified atom stereocenters. The van der Waals surface area contributed by atoms with E-state index in [9.17, 15) is 5.11 Å². The Morgan fingerprint density at radius 2 is 2.19 bits per heavy atom. The number of halogens is 1. The predicted octanol–water partition coefficient (Wildman–Crippen LogP) is 4.83. The average Bonchev–Trinajstić information content (AvgIpc) is 2.80. The third kappa shape index (κ3) is 4.17. The molecule has 1 aromatic carbocycles. The number of anilines is 1. The van der Waals surface area contributed by atoms with Gasteiger partial charge in [0.15, 0.2) is 23.0 Å². The van der Waals surface area contributed by atoms with Gasteiger partial charge in [0.25, 0.3) is 5.88 Å². The molecule has 1 aliphatic rings. The van der Waals surface area contributed by atoms with Crippen LogP contribution in [0.3, 0.4) is 0 Å². The zero-order valence-electron chi connectivity index (χ0n) is 14.7. The van der Waals surface area contributed by atoms with E-state index in [1.54, 1.807) is 12.3 Å². The van der Waals surface area contributed by atoms with Crippen LogP contribution in [0.15, 0.2) is 58.4 Å². The Kier molecular flexibility index (Phi) is 5.56. The smallest absolute Gasteiger partial charge is 0.250 e. The summed E-state index contributed by atoms with van der Waals surface area (Å²) in [5, 5.41) is 13.1. The Morgan fingerprint density at radius 3 is 2.93 bits per heavy atom. The van der Waals surface area contributed by atoms with Crippen molar-refractivity contribution in [1.82, 2.24) is 9.97 Å². The number of aliphatic imine (C=N–C) groups is 1. The van der Waals surface area contributed by atoms with E-state index in [1.807, 2.05) is 25.2 Å². The first-order valence-electron chi connectivity index (χ1n) is 7.95. The summed E-state index contributed by atoms with van der Waals surface area (Å²) >= 11 is 3.43. The number of hydrogen-bond acceptors (Lipinski definition) is 7. The zero-order valence-corrected chi connectivity index (χ0v) is 16.3.